The van der Waals surface area contributed by atoms with Crippen molar-refractivity contribution in [2.75, 3.05) is 6.54 Å². The largest absolute Gasteiger partial charge is 0.444 e. The lowest BCUT2D eigenvalue weighted by Crippen LogP contribution is -2.32. The van der Waals surface area contributed by atoms with Crippen LogP contribution in [0.25, 0.3) is 16.8 Å². The maximum absolute atomic E-state index is 11.6. The summed E-state index contributed by atoms with van der Waals surface area (Å²) in [6, 6.07) is 11.7. The van der Waals surface area contributed by atoms with E-state index in [1.807, 2.05) is 69.3 Å². The van der Waals surface area contributed by atoms with Gasteiger partial charge in [0.25, 0.3) is 0 Å². The minimum Gasteiger partial charge on any atom is -0.444 e. The number of ether oxygens (including phenoxy) is 1. The van der Waals surface area contributed by atoms with Crippen LogP contribution in [-0.2, 0) is 4.74 Å². The Kier molecular flexibility index (Phi) is 5.74. The lowest BCUT2D eigenvalue weighted by molar-refractivity contribution is 0.0528. The van der Waals surface area contributed by atoms with Crippen LogP contribution in [0.5, 0.6) is 0 Å². The van der Waals surface area contributed by atoms with Crippen LogP contribution in [0, 0.1) is 0 Å². The maximum Gasteiger partial charge on any atom is 0.407 e. The average molecular weight is 325 g/mol. The average Bonchev–Trinajstić information content (AvgIpc) is 2.52. The van der Waals surface area contributed by atoms with Gasteiger partial charge >= 0.3 is 6.09 Å². The molecule has 1 N–H and O–H groups in total. The number of carbonyl (C=O) groups excluding carboxylic acids is 2. The van der Waals surface area contributed by atoms with Crippen LogP contribution >= 0.6 is 0 Å². The van der Waals surface area contributed by atoms with Crippen molar-refractivity contribution in [2.24, 2.45) is 0 Å². The van der Waals surface area contributed by atoms with Gasteiger partial charge in [0.1, 0.15) is 5.60 Å². The van der Waals surface area contributed by atoms with E-state index in [4.69, 9.17) is 4.74 Å². The second-order valence-electron chi connectivity index (χ2n) is 6.53. The first kappa shape index (κ1) is 17.7. The summed E-state index contributed by atoms with van der Waals surface area (Å²) < 4.78 is 5.18. The molecule has 0 aliphatic carbocycles. The van der Waals surface area contributed by atoms with Crippen LogP contribution in [-0.4, -0.2) is 24.5 Å². The Morgan fingerprint density at radius 1 is 1.17 bits per heavy atom. The smallest absolute Gasteiger partial charge is 0.407 e. The summed E-state index contributed by atoms with van der Waals surface area (Å²) >= 11 is 0. The van der Waals surface area contributed by atoms with E-state index >= 15 is 0 Å². The summed E-state index contributed by atoms with van der Waals surface area (Å²) in [6.07, 6.45) is 4.98. The molecule has 1 amide bonds. The monoisotopic (exact) mass is 325 g/mol. The van der Waals surface area contributed by atoms with Gasteiger partial charge in [0.2, 0.25) is 0 Å². The molecule has 0 aliphatic heterocycles. The number of fused-ring (bicyclic) bond motifs is 1. The fraction of sp³-hybridized carbons (Fsp3) is 0.300. The lowest BCUT2D eigenvalue weighted by Gasteiger charge is -2.19. The number of nitrogens with one attached hydrogen (secondary N) is 1. The van der Waals surface area contributed by atoms with E-state index in [0.29, 0.717) is 18.5 Å². The van der Waals surface area contributed by atoms with Crippen molar-refractivity contribution in [1.29, 1.82) is 0 Å². The van der Waals surface area contributed by atoms with Gasteiger partial charge in [-0.3, -0.25) is 4.79 Å². The van der Waals surface area contributed by atoms with Crippen molar-refractivity contribution in [3.05, 3.63) is 53.6 Å². The molecule has 126 valence electrons. The van der Waals surface area contributed by atoms with E-state index in [1.54, 1.807) is 0 Å². The summed E-state index contributed by atoms with van der Waals surface area (Å²) in [5, 5.41) is 4.84. The fourth-order valence-corrected chi connectivity index (χ4v) is 2.37. The molecule has 0 spiro atoms. The third-order valence-corrected chi connectivity index (χ3v) is 3.40. The molecule has 0 radical (unpaired) electrons. The van der Waals surface area contributed by atoms with Crippen molar-refractivity contribution in [3.8, 4) is 0 Å². The van der Waals surface area contributed by atoms with Gasteiger partial charge in [0.15, 0.2) is 6.29 Å². The number of hydrogen-bond acceptors (Lipinski definition) is 3. The van der Waals surface area contributed by atoms with Crippen molar-refractivity contribution < 1.29 is 14.3 Å². The van der Waals surface area contributed by atoms with Gasteiger partial charge in [0, 0.05) is 12.1 Å². The highest BCUT2D eigenvalue weighted by Crippen LogP contribution is 2.23. The first-order valence-electron chi connectivity index (χ1n) is 8.01. The number of aldehydes is 1. The summed E-state index contributed by atoms with van der Waals surface area (Å²) in [4.78, 5) is 22.8. The fourth-order valence-electron chi connectivity index (χ4n) is 2.37. The van der Waals surface area contributed by atoms with Gasteiger partial charge in [-0.1, -0.05) is 48.6 Å². The molecule has 2 rings (SSSR count). The minimum atomic E-state index is -0.498. The van der Waals surface area contributed by atoms with Crippen LogP contribution in [0.15, 0.2) is 42.5 Å². The third-order valence-electron chi connectivity index (χ3n) is 3.40. The molecule has 2 aromatic rings. The third kappa shape index (κ3) is 4.95. The van der Waals surface area contributed by atoms with Gasteiger partial charge < -0.3 is 10.1 Å². The Morgan fingerprint density at radius 2 is 1.92 bits per heavy atom. The van der Waals surface area contributed by atoms with Crippen LogP contribution in [0.1, 0.15) is 43.1 Å². The molecule has 0 unspecified atom stereocenters. The molecule has 4 heteroatoms. The first-order valence-corrected chi connectivity index (χ1v) is 8.01. The first-order chi connectivity index (χ1) is 11.4. The molecule has 4 nitrogen and oxygen atoms in total. The minimum absolute atomic E-state index is 0.422. The Bertz CT molecular complexity index is 757. The van der Waals surface area contributed by atoms with Crippen molar-refractivity contribution >= 4 is 29.2 Å². The number of benzene rings is 2. The van der Waals surface area contributed by atoms with E-state index in [-0.39, 0.29) is 0 Å². The van der Waals surface area contributed by atoms with E-state index < -0.39 is 11.7 Å². The SMILES string of the molecule is CC(C)(C)OC(=O)NCCC=Cc1c(C=O)ccc2ccccc12. The van der Waals surface area contributed by atoms with Crippen LogP contribution in [0.2, 0.25) is 0 Å². The van der Waals surface area contributed by atoms with Gasteiger partial charge in [-0.2, -0.15) is 0 Å². The second-order valence-corrected chi connectivity index (χ2v) is 6.53. The highest BCUT2D eigenvalue weighted by atomic mass is 16.6. The second kappa shape index (κ2) is 7.77. The molecular weight excluding hydrogens is 302 g/mol. The summed E-state index contributed by atoms with van der Waals surface area (Å²) in [7, 11) is 0. The molecule has 0 bridgehead atoms. The molecule has 24 heavy (non-hydrogen) atoms. The Hall–Kier alpha value is -2.62. The maximum atomic E-state index is 11.6. The molecule has 0 aliphatic rings. The van der Waals surface area contributed by atoms with Gasteiger partial charge in [-0.15, -0.1) is 0 Å². The number of alkyl carbamates (subject to hydrolysis) is 1. The molecule has 0 atom stereocenters. The van der Waals surface area contributed by atoms with Crippen molar-refractivity contribution in [1.82, 2.24) is 5.32 Å². The van der Waals surface area contributed by atoms with Crippen molar-refractivity contribution in [2.45, 2.75) is 32.8 Å². The van der Waals surface area contributed by atoms with Crippen LogP contribution < -0.4 is 5.32 Å². The summed E-state index contributed by atoms with van der Waals surface area (Å²) in [6.45, 7) is 5.96. The zero-order valence-corrected chi connectivity index (χ0v) is 14.3. The zero-order chi connectivity index (χ0) is 17.6. The lowest BCUT2D eigenvalue weighted by atomic mass is 9.99. The Balaban J connectivity index is 2.01. The van der Waals surface area contributed by atoms with E-state index in [1.165, 1.54) is 0 Å². The molecule has 2 aromatic carbocycles. The molecule has 0 fully saturated rings. The Labute approximate surface area is 142 Å². The number of carbonyl (C=O) groups is 2. The summed E-state index contributed by atoms with van der Waals surface area (Å²) in [5.74, 6) is 0. The molecule has 0 aromatic heterocycles. The normalized spacial score (nSPS) is 11.6. The number of rotatable bonds is 5. The predicted octanol–water partition coefficient (Wildman–Crippen LogP) is 4.58. The molecule has 0 saturated carbocycles. The van der Waals surface area contributed by atoms with Crippen molar-refractivity contribution in [3.63, 3.8) is 0 Å². The van der Waals surface area contributed by atoms with Crippen LogP contribution in [0.3, 0.4) is 0 Å². The predicted molar refractivity (Wildman–Crippen MR) is 97.2 cm³/mol. The van der Waals surface area contributed by atoms with E-state index in [9.17, 15) is 9.59 Å². The van der Waals surface area contributed by atoms with E-state index in [2.05, 4.69) is 5.32 Å². The quantitative estimate of drug-likeness (QED) is 0.646. The Morgan fingerprint density at radius 3 is 2.62 bits per heavy atom. The molecular formula is C20H23NO3. The zero-order valence-electron chi connectivity index (χ0n) is 14.3. The topological polar surface area (TPSA) is 55.4 Å². The standard InChI is InChI=1S/C20H23NO3/c1-20(2,3)24-19(23)21-13-7-6-10-18-16(14-22)12-11-15-8-4-5-9-17(15)18/h4-6,8-12,14H,7,13H2,1-3H3,(H,21,23). The van der Waals surface area contributed by atoms with Gasteiger partial charge in [-0.25, -0.2) is 4.79 Å². The highest BCUT2D eigenvalue weighted by Gasteiger charge is 2.15. The van der Waals surface area contributed by atoms with Crippen LogP contribution in [0.4, 0.5) is 4.79 Å². The molecule has 0 heterocycles. The molecule has 0 saturated heterocycles. The number of amides is 1. The van der Waals surface area contributed by atoms with Gasteiger partial charge in [0.05, 0.1) is 0 Å². The van der Waals surface area contributed by atoms with Gasteiger partial charge in [-0.05, 0) is 43.5 Å². The number of hydrogen-bond donors (Lipinski definition) is 1. The summed E-state index contributed by atoms with van der Waals surface area (Å²) in [5.41, 5.74) is 1.06. The highest BCUT2D eigenvalue weighted by molar-refractivity contribution is 5.98. The van der Waals surface area contributed by atoms with E-state index in [0.717, 1.165) is 22.6 Å².